The summed E-state index contributed by atoms with van der Waals surface area (Å²) in [6.07, 6.45) is 3.62. The number of epoxide rings is 2. The number of hydrogen-bond acceptors (Lipinski definition) is 4. The Morgan fingerprint density at radius 1 is 1.48 bits per heavy atom. The first-order chi connectivity index (χ1) is 9.85. The summed E-state index contributed by atoms with van der Waals surface area (Å²) >= 11 is 0. The van der Waals surface area contributed by atoms with Crippen molar-refractivity contribution in [1.29, 1.82) is 0 Å². The molecule has 3 aliphatic rings. The highest BCUT2D eigenvalue weighted by Crippen LogP contribution is 2.59. The summed E-state index contributed by atoms with van der Waals surface area (Å²) in [7, 11) is 1.61. The third-order valence-electron chi connectivity index (χ3n) is 5.42. The van der Waals surface area contributed by atoms with E-state index in [2.05, 4.69) is 20.8 Å². The van der Waals surface area contributed by atoms with E-state index in [1.54, 1.807) is 13.2 Å². The van der Waals surface area contributed by atoms with E-state index < -0.39 is 6.10 Å². The van der Waals surface area contributed by atoms with E-state index in [9.17, 15) is 4.79 Å². The molecule has 5 atom stereocenters. The molecule has 4 heteroatoms. The fraction of sp³-hybridized carbons (Fsp3) is 0.824. The van der Waals surface area contributed by atoms with Crippen molar-refractivity contribution in [2.75, 3.05) is 13.7 Å². The van der Waals surface area contributed by atoms with Crippen LogP contribution in [0, 0.1) is 11.8 Å². The summed E-state index contributed by atoms with van der Waals surface area (Å²) in [5.41, 5.74) is 0.373. The molecule has 2 saturated heterocycles. The van der Waals surface area contributed by atoms with Crippen LogP contribution in [0.2, 0.25) is 0 Å². The van der Waals surface area contributed by atoms with E-state index in [0.29, 0.717) is 12.5 Å². The number of carbonyl (C=O) groups excluding carboxylic acids is 1. The average Bonchev–Trinajstić information content (AvgIpc) is 3.30. The van der Waals surface area contributed by atoms with E-state index in [0.717, 1.165) is 18.4 Å². The molecule has 1 aliphatic carbocycles. The van der Waals surface area contributed by atoms with Crippen molar-refractivity contribution in [1.82, 2.24) is 0 Å². The van der Waals surface area contributed by atoms with Crippen LogP contribution >= 0.6 is 0 Å². The van der Waals surface area contributed by atoms with Gasteiger partial charge in [0.2, 0.25) is 0 Å². The summed E-state index contributed by atoms with van der Waals surface area (Å²) < 4.78 is 17.4. The number of carbonyl (C=O) groups is 1. The van der Waals surface area contributed by atoms with Gasteiger partial charge in [-0.1, -0.05) is 13.8 Å². The van der Waals surface area contributed by atoms with Crippen molar-refractivity contribution in [2.45, 2.75) is 63.9 Å². The molecule has 21 heavy (non-hydrogen) atoms. The summed E-state index contributed by atoms with van der Waals surface area (Å²) in [6.45, 7) is 9.21. The van der Waals surface area contributed by atoms with Crippen molar-refractivity contribution >= 4 is 5.78 Å². The van der Waals surface area contributed by atoms with Gasteiger partial charge in [0, 0.05) is 7.11 Å². The Bertz CT molecular complexity index is 477. The molecule has 118 valence electrons. The largest absolute Gasteiger partial charge is 0.373 e. The van der Waals surface area contributed by atoms with Crippen LogP contribution in [0.1, 0.15) is 40.5 Å². The second kappa shape index (κ2) is 4.90. The molecule has 2 heterocycles. The van der Waals surface area contributed by atoms with Crippen molar-refractivity contribution in [3.8, 4) is 0 Å². The molecule has 3 rings (SSSR count). The van der Waals surface area contributed by atoms with Crippen LogP contribution < -0.4 is 0 Å². The maximum Gasteiger partial charge on any atom is 0.184 e. The quantitative estimate of drug-likeness (QED) is 0.731. The minimum absolute atomic E-state index is 0.0373. The zero-order valence-corrected chi connectivity index (χ0v) is 13.6. The summed E-state index contributed by atoms with van der Waals surface area (Å²) in [5, 5.41) is 0. The normalized spacial score (nSPS) is 45.1. The fourth-order valence-corrected chi connectivity index (χ4v) is 3.95. The molecule has 2 aliphatic heterocycles. The zero-order chi connectivity index (χ0) is 15.4. The maximum atomic E-state index is 12.3. The van der Waals surface area contributed by atoms with Crippen molar-refractivity contribution in [2.24, 2.45) is 11.8 Å². The van der Waals surface area contributed by atoms with Crippen LogP contribution in [-0.2, 0) is 19.0 Å². The molecule has 0 aromatic heterocycles. The lowest BCUT2D eigenvalue weighted by Gasteiger charge is -2.36. The molecule has 0 aromatic carbocycles. The van der Waals surface area contributed by atoms with Gasteiger partial charge in [0.1, 0.15) is 17.3 Å². The molecule has 0 amide bonds. The van der Waals surface area contributed by atoms with Gasteiger partial charge < -0.3 is 14.2 Å². The first kappa shape index (κ1) is 15.2. The molecule has 0 aromatic rings. The fourth-order valence-electron chi connectivity index (χ4n) is 3.95. The Morgan fingerprint density at radius 2 is 2.14 bits per heavy atom. The van der Waals surface area contributed by atoms with Crippen molar-refractivity contribution in [3.05, 3.63) is 11.6 Å². The van der Waals surface area contributed by atoms with Crippen LogP contribution in [0.3, 0.4) is 0 Å². The van der Waals surface area contributed by atoms with E-state index in [-0.39, 0.29) is 29.0 Å². The van der Waals surface area contributed by atoms with Gasteiger partial charge in [0.25, 0.3) is 0 Å². The molecule has 0 N–H and O–H groups in total. The predicted octanol–water partition coefficient (Wildman–Crippen LogP) is 2.51. The van der Waals surface area contributed by atoms with Gasteiger partial charge in [-0.25, -0.2) is 0 Å². The van der Waals surface area contributed by atoms with E-state index in [1.807, 2.05) is 6.92 Å². The minimum Gasteiger partial charge on any atom is -0.373 e. The van der Waals surface area contributed by atoms with Crippen LogP contribution in [-0.4, -0.2) is 42.9 Å². The molecular formula is C17H26O4. The van der Waals surface area contributed by atoms with Gasteiger partial charge >= 0.3 is 0 Å². The number of ketones is 1. The lowest BCUT2D eigenvalue weighted by molar-refractivity contribution is -0.132. The molecule has 0 saturated carbocycles. The Morgan fingerprint density at radius 3 is 2.67 bits per heavy atom. The van der Waals surface area contributed by atoms with E-state index >= 15 is 0 Å². The maximum absolute atomic E-state index is 12.3. The van der Waals surface area contributed by atoms with Crippen LogP contribution in [0.5, 0.6) is 0 Å². The Kier molecular flexibility index (Phi) is 3.55. The van der Waals surface area contributed by atoms with Crippen LogP contribution in [0.4, 0.5) is 0 Å². The van der Waals surface area contributed by atoms with Gasteiger partial charge in [0.05, 0.1) is 18.6 Å². The van der Waals surface area contributed by atoms with Crippen molar-refractivity contribution in [3.63, 3.8) is 0 Å². The highest BCUT2D eigenvalue weighted by Gasteiger charge is 2.72. The highest BCUT2D eigenvalue weighted by atomic mass is 16.6. The molecule has 5 unspecified atom stereocenters. The Labute approximate surface area is 126 Å². The molecule has 4 nitrogen and oxygen atoms in total. The van der Waals surface area contributed by atoms with Gasteiger partial charge in [-0.3, -0.25) is 4.79 Å². The topological polar surface area (TPSA) is 51.4 Å². The third kappa shape index (κ3) is 2.28. The van der Waals surface area contributed by atoms with Crippen LogP contribution in [0.25, 0.3) is 0 Å². The Balaban J connectivity index is 1.83. The standard InChI is InChI=1S/C17H26O4/c1-10(2)6-7-13-16(4,21-13)15-14(19-5)12(18)8-11(3)17(15)9-20-17/h8,10,13-15H,6-7,9H2,1-5H3. The lowest BCUT2D eigenvalue weighted by Crippen LogP contribution is -2.52. The van der Waals surface area contributed by atoms with E-state index in [4.69, 9.17) is 14.2 Å². The monoisotopic (exact) mass is 294 g/mol. The van der Waals surface area contributed by atoms with Gasteiger partial charge in [-0.2, -0.15) is 0 Å². The Hall–Kier alpha value is -0.710. The first-order valence-electron chi connectivity index (χ1n) is 7.92. The van der Waals surface area contributed by atoms with Gasteiger partial charge in [0.15, 0.2) is 5.78 Å². The number of hydrogen-bond donors (Lipinski definition) is 0. The molecule has 0 radical (unpaired) electrons. The first-order valence-corrected chi connectivity index (χ1v) is 7.92. The second-order valence-corrected chi connectivity index (χ2v) is 7.30. The average molecular weight is 294 g/mol. The van der Waals surface area contributed by atoms with Crippen molar-refractivity contribution < 1.29 is 19.0 Å². The second-order valence-electron chi connectivity index (χ2n) is 7.30. The van der Waals surface area contributed by atoms with Crippen LogP contribution in [0.15, 0.2) is 11.6 Å². The lowest BCUT2D eigenvalue weighted by atomic mass is 9.68. The minimum atomic E-state index is -0.453. The predicted molar refractivity (Wildman–Crippen MR) is 79.1 cm³/mol. The summed E-state index contributed by atoms with van der Waals surface area (Å²) in [6, 6.07) is 0. The number of ether oxygens (including phenoxy) is 3. The smallest absolute Gasteiger partial charge is 0.184 e. The van der Waals surface area contributed by atoms with E-state index in [1.165, 1.54) is 0 Å². The van der Waals surface area contributed by atoms with Gasteiger partial charge in [-0.05, 0) is 44.3 Å². The molecular weight excluding hydrogens is 268 g/mol. The molecule has 1 spiro atoms. The summed E-state index contributed by atoms with van der Waals surface area (Å²) in [5.74, 6) is 0.669. The molecule has 2 fully saturated rings. The highest BCUT2D eigenvalue weighted by molar-refractivity contribution is 5.96. The molecule has 0 bridgehead atoms. The number of rotatable bonds is 5. The zero-order valence-electron chi connectivity index (χ0n) is 13.6. The summed E-state index contributed by atoms with van der Waals surface area (Å²) in [4.78, 5) is 12.3. The van der Waals surface area contributed by atoms with Gasteiger partial charge in [-0.15, -0.1) is 0 Å². The third-order valence-corrected chi connectivity index (χ3v) is 5.42. The number of methoxy groups -OCH3 is 1. The SMILES string of the molecule is COC1C(=O)C=C(C)C2(CO2)C1C1(C)OC1CCC(C)C.